The number of guanidine groups is 1. The molecule has 1 aliphatic rings. The van der Waals surface area contributed by atoms with Crippen LogP contribution in [-0.2, 0) is 19.4 Å². The number of aliphatic imine (C=N–C) groups is 1. The Hall–Kier alpha value is -2.40. The van der Waals surface area contributed by atoms with Crippen molar-refractivity contribution in [3.8, 4) is 0 Å². The van der Waals surface area contributed by atoms with Crippen LogP contribution in [0.2, 0.25) is 0 Å². The predicted octanol–water partition coefficient (Wildman–Crippen LogP) is 2.63. The molecule has 27 heavy (non-hydrogen) atoms. The molecule has 0 aliphatic carbocycles. The van der Waals surface area contributed by atoms with Crippen molar-refractivity contribution in [3.05, 3.63) is 65.5 Å². The van der Waals surface area contributed by atoms with Crippen LogP contribution in [0.1, 0.15) is 30.7 Å². The Bertz CT molecular complexity index is 754. The summed E-state index contributed by atoms with van der Waals surface area (Å²) in [5.74, 6) is 0.844. The number of benzene rings is 1. The molecule has 1 aromatic carbocycles. The molecule has 0 atom stereocenters. The largest absolute Gasteiger partial charge is 0.356 e. The number of nitrogens with zero attached hydrogens (tertiary/aromatic N) is 3. The molecule has 0 radical (unpaired) electrons. The van der Waals surface area contributed by atoms with Crippen molar-refractivity contribution in [2.45, 2.75) is 38.8 Å². The Labute approximate surface area is 162 Å². The fraction of sp³-hybridized carbons (Fsp3) is 0.455. The Morgan fingerprint density at radius 3 is 2.63 bits per heavy atom. The van der Waals surface area contributed by atoms with E-state index in [0.29, 0.717) is 0 Å². The lowest BCUT2D eigenvalue weighted by Gasteiger charge is -2.42. The van der Waals surface area contributed by atoms with Crippen LogP contribution < -0.4 is 10.6 Å². The predicted molar refractivity (Wildman–Crippen MR) is 112 cm³/mol. The van der Waals surface area contributed by atoms with Gasteiger partial charge in [-0.2, -0.15) is 0 Å². The minimum Gasteiger partial charge on any atom is -0.356 e. The number of aromatic nitrogens is 1. The lowest BCUT2D eigenvalue weighted by molar-refractivity contribution is 0.107. The van der Waals surface area contributed by atoms with E-state index >= 15 is 0 Å². The lowest BCUT2D eigenvalue weighted by atomic mass is 9.94. The zero-order chi connectivity index (χ0) is 19.1. The van der Waals surface area contributed by atoms with Crippen LogP contribution in [-0.4, -0.2) is 48.1 Å². The smallest absolute Gasteiger partial charge is 0.191 e. The summed E-state index contributed by atoms with van der Waals surface area (Å²) in [6, 6.07) is 14.8. The molecule has 0 saturated heterocycles. The van der Waals surface area contributed by atoms with Crippen LogP contribution >= 0.6 is 0 Å². The molecule has 5 nitrogen and oxygen atoms in total. The van der Waals surface area contributed by atoms with E-state index in [2.05, 4.69) is 69.7 Å². The fourth-order valence-electron chi connectivity index (χ4n) is 3.50. The molecule has 1 aromatic heterocycles. The van der Waals surface area contributed by atoms with Gasteiger partial charge in [-0.25, -0.2) is 0 Å². The zero-order valence-corrected chi connectivity index (χ0v) is 16.7. The monoisotopic (exact) mass is 365 g/mol. The Morgan fingerprint density at radius 2 is 1.89 bits per heavy atom. The average molecular weight is 366 g/mol. The molecule has 0 bridgehead atoms. The molecule has 0 fully saturated rings. The van der Waals surface area contributed by atoms with Crippen molar-refractivity contribution in [2.24, 2.45) is 4.99 Å². The summed E-state index contributed by atoms with van der Waals surface area (Å²) in [4.78, 5) is 11.3. The molecule has 0 unspecified atom stereocenters. The summed E-state index contributed by atoms with van der Waals surface area (Å²) >= 11 is 0. The molecular formula is C22H31N5. The van der Waals surface area contributed by atoms with Gasteiger partial charge in [0.2, 0.25) is 0 Å². The summed E-state index contributed by atoms with van der Waals surface area (Å²) in [6.07, 6.45) is 3.84. The quantitative estimate of drug-likeness (QED) is 0.610. The summed E-state index contributed by atoms with van der Waals surface area (Å²) in [6.45, 7) is 8.37. The van der Waals surface area contributed by atoms with Crippen LogP contribution in [0.25, 0.3) is 0 Å². The Kier molecular flexibility index (Phi) is 6.45. The first kappa shape index (κ1) is 19.4. The molecule has 2 N–H and O–H groups in total. The Morgan fingerprint density at radius 1 is 1.11 bits per heavy atom. The van der Waals surface area contributed by atoms with E-state index < -0.39 is 0 Å². The number of hydrogen-bond donors (Lipinski definition) is 2. The topological polar surface area (TPSA) is 52.6 Å². The van der Waals surface area contributed by atoms with Crippen LogP contribution in [0.15, 0.2) is 53.7 Å². The second kappa shape index (κ2) is 9.00. The highest BCUT2D eigenvalue weighted by atomic mass is 15.2. The second-order valence-electron chi connectivity index (χ2n) is 7.68. The standard InChI is InChI=1S/C22H31N5/c1-22(2,27-15-12-18-8-4-5-9-19(18)16-27)17-26-21(23-3)25-14-11-20-10-6-7-13-24-20/h4-10,13H,11-12,14-17H2,1-3H3,(H2,23,25,26). The highest BCUT2D eigenvalue weighted by Crippen LogP contribution is 2.24. The zero-order valence-electron chi connectivity index (χ0n) is 16.7. The normalized spacial score (nSPS) is 15.3. The minimum atomic E-state index is 0.0478. The average Bonchev–Trinajstić information content (AvgIpc) is 2.71. The molecule has 5 heteroatoms. The highest BCUT2D eigenvalue weighted by molar-refractivity contribution is 5.79. The maximum absolute atomic E-state index is 4.36. The van der Waals surface area contributed by atoms with Gasteiger partial charge in [0.05, 0.1) is 0 Å². The molecule has 0 amide bonds. The van der Waals surface area contributed by atoms with Crippen LogP contribution in [0.3, 0.4) is 0 Å². The van der Waals surface area contributed by atoms with Gasteiger partial charge < -0.3 is 10.6 Å². The first-order valence-corrected chi connectivity index (χ1v) is 9.75. The third-order valence-electron chi connectivity index (χ3n) is 5.30. The molecule has 0 saturated carbocycles. The van der Waals surface area contributed by atoms with Crippen molar-refractivity contribution in [3.63, 3.8) is 0 Å². The van der Waals surface area contributed by atoms with Gasteiger partial charge in [0.1, 0.15) is 0 Å². The van der Waals surface area contributed by atoms with E-state index in [1.807, 2.05) is 25.4 Å². The van der Waals surface area contributed by atoms with Gasteiger partial charge in [-0.1, -0.05) is 30.3 Å². The van der Waals surface area contributed by atoms with Crippen molar-refractivity contribution >= 4 is 5.96 Å². The summed E-state index contributed by atoms with van der Waals surface area (Å²) in [5.41, 5.74) is 4.08. The molecular weight excluding hydrogens is 334 g/mol. The van der Waals surface area contributed by atoms with Crippen LogP contribution in [0.5, 0.6) is 0 Å². The highest BCUT2D eigenvalue weighted by Gasteiger charge is 2.29. The lowest BCUT2D eigenvalue weighted by Crippen LogP contribution is -2.54. The second-order valence-corrected chi connectivity index (χ2v) is 7.68. The third-order valence-corrected chi connectivity index (χ3v) is 5.30. The number of hydrogen-bond acceptors (Lipinski definition) is 3. The van der Waals surface area contributed by atoms with Crippen molar-refractivity contribution in [1.82, 2.24) is 20.5 Å². The number of fused-ring (bicyclic) bond motifs is 1. The molecule has 2 aromatic rings. The maximum Gasteiger partial charge on any atom is 0.191 e. The number of pyridine rings is 1. The van der Waals surface area contributed by atoms with Gasteiger partial charge in [-0.05, 0) is 43.5 Å². The third kappa shape index (κ3) is 5.30. The summed E-state index contributed by atoms with van der Waals surface area (Å²) in [7, 11) is 1.82. The van der Waals surface area contributed by atoms with Crippen molar-refractivity contribution < 1.29 is 0 Å². The fourth-order valence-corrected chi connectivity index (χ4v) is 3.50. The molecule has 1 aliphatic heterocycles. The van der Waals surface area contributed by atoms with E-state index in [-0.39, 0.29) is 5.54 Å². The summed E-state index contributed by atoms with van der Waals surface area (Å²) < 4.78 is 0. The van der Waals surface area contributed by atoms with Gasteiger partial charge in [0.25, 0.3) is 0 Å². The van der Waals surface area contributed by atoms with Gasteiger partial charge >= 0.3 is 0 Å². The van der Waals surface area contributed by atoms with E-state index in [4.69, 9.17) is 0 Å². The van der Waals surface area contributed by atoms with E-state index in [1.165, 1.54) is 11.1 Å². The molecule has 0 spiro atoms. The first-order chi connectivity index (χ1) is 13.1. The SMILES string of the molecule is CN=C(NCCc1ccccn1)NCC(C)(C)N1CCc2ccccc2C1. The molecule has 2 heterocycles. The van der Waals surface area contributed by atoms with Crippen LogP contribution in [0.4, 0.5) is 0 Å². The first-order valence-electron chi connectivity index (χ1n) is 9.75. The van der Waals surface area contributed by atoms with Crippen molar-refractivity contribution in [1.29, 1.82) is 0 Å². The van der Waals surface area contributed by atoms with Gasteiger partial charge in [-0.15, -0.1) is 0 Å². The van der Waals surface area contributed by atoms with Gasteiger partial charge in [-0.3, -0.25) is 14.9 Å². The van der Waals surface area contributed by atoms with Gasteiger partial charge in [0, 0.05) is 57.1 Å². The molecule has 144 valence electrons. The molecule has 3 rings (SSSR count). The maximum atomic E-state index is 4.36. The van der Waals surface area contributed by atoms with Crippen molar-refractivity contribution in [2.75, 3.05) is 26.7 Å². The van der Waals surface area contributed by atoms with Gasteiger partial charge in [0.15, 0.2) is 5.96 Å². The minimum absolute atomic E-state index is 0.0478. The number of nitrogens with one attached hydrogen (secondary N) is 2. The van der Waals surface area contributed by atoms with E-state index in [0.717, 1.165) is 50.7 Å². The van der Waals surface area contributed by atoms with Crippen LogP contribution in [0, 0.1) is 0 Å². The summed E-state index contributed by atoms with van der Waals surface area (Å²) in [5, 5.41) is 6.88. The Balaban J connectivity index is 1.48. The van der Waals surface area contributed by atoms with E-state index in [9.17, 15) is 0 Å². The van der Waals surface area contributed by atoms with E-state index in [1.54, 1.807) is 0 Å². The number of rotatable bonds is 6.